The van der Waals surface area contributed by atoms with Gasteiger partial charge in [0.2, 0.25) is 0 Å². The van der Waals surface area contributed by atoms with Gasteiger partial charge < -0.3 is 10.2 Å². The van der Waals surface area contributed by atoms with E-state index in [1.54, 1.807) is 7.05 Å². The van der Waals surface area contributed by atoms with Crippen LogP contribution >= 0.6 is 11.3 Å². The lowest BCUT2D eigenvalue weighted by Crippen LogP contribution is -3.08. The second-order valence-corrected chi connectivity index (χ2v) is 5.89. The topological polar surface area (TPSA) is 46.4 Å². The van der Waals surface area contributed by atoms with E-state index in [-0.39, 0.29) is 6.54 Å². The van der Waals surface area contributed by atoms with Crippen LogP contribution in [0.4, 0.5) is 13.2 Å². The molecule has 2 rings (SSSR count). The maximum absolute atomic E-state index is 12.0. The van der Waals surface area contributed by atoms with Gasteiger partial charge in [0, 0.05) is 0 Å². The Hall–Kier alpha value is -1.67. The summed E-state index contributed by atoms with van der Waals surface area (Å²) in [4.78, 5) is 16.6. The van der Waals surface area contributed by atoms with Crippen molar-refractivity contribution in [1.29, 1.82) is 0 Å². The van der Waals surface area contributed by atoms with Crippen molar-refractivity contribution < 1.29 is 22.9 Å². The second-order valence-electron chi connectivity index (χ2n) is 4.78. The number of quaternary nitrogens is 1. The number of halogens is 3. The van der Waals surface area contributed by atoms with Crippen molar-refractivity contribution in [3.05, 3.63) is 29.3 Å². The highest BCUT2D eigenvalue weighted by Crippen LogP contribution is 2.20. The summed E-state index contributed by atoms with van der Waals surface area (Å²) in [5.41, 5.74) is 0.895. The van der Waals surface area contributed by atoms with Crippen LogP contribution in [0.1, 0.15) is 5.01 Å². The van der Waals surface area contributed by atoms with Crippen LogP contribution < -0.4 is 10.2 Å². The SMILES string of the molecule is C[NH+](CC(=O)NCC(F)(F)F)Cc1nc2ccccc2s1. The van der Waals surface area contributed by atoms with E-state index in [0.29, 0.717) is 6.54 Å². The molecule has 0 radical (unpaired) electrons. The van der Waals surface area contributed by atoms with Crippen LogP contribution in [-0.4, -0.2) is 37.2 Å². The Morgan fingerprint density at radius 1 is 1.38 bits per heavy atom. The molecule has 0 bridgehead atoms. The van der Waals surface area contributed by atoms with Gasteiger partial charge in [-0.1, -0.05) is 12.1 Å². The molecule has 0 saturated carbocycles. The van der Waals surface area contributed by atoms with Gasteiger partial charge in [0.1, 0.15) is 18.1 Å². The molecule has 0 aliphatic rings. The summed E-state index contributed by atoms with van der Waals surface area (Å²) in [6.45, 7) is -0.814. The Bertz CT molecular complexity index is 593. The first-order chi connectivity index (χ1) is 9.83. The van der Waals surface area contributed by atoms with Gasteiger partial charge in [-0.05, 0) is 12.1 Å². The quantitative estimate of drug-likeness (QED) is 0.864. The maximum Gasteiger partial charge on any atom is 0.405 e. The summed E-state index contributed by atoms with van der Waals surface area (Å²) in [7, 11) is 1.75. The molecule has 1 heterocycles. The zero-order valence-corrected chi connectivity index (χ0v) is 12.1. The highest BCUT2D eigenvalue weighted by Gasteiger charge is 2.28. The van der Waals surface area contributed by atoms with Crippen LogP contribution in [0.25, 0.3) is 10.2 Å². The average Bonchev–Trinajstić information content (AvgIpc) is 2.77. The summed E-state index contributed by atoms with van der Waals surface area (Å²) in [5, 5.41) is 2.72. The molecule has 0 saturated heterocycles. The third-order valence-electron chi connectivity index (χ3n) is 2.74. The van der Waals surface area contributed by atoms with Crippen LogP contribution in [0.3, 0.4) is 0 Å². The van der Waals surface area contributed by atoms with Crippen LogP contribution in [0.2, 0.25) is 0 Å². The molecule has 21 heavy (non-hydrogen) atoms. The van der Waals surface area contributed by atoms with Gasteiger partial charge in [0.05, 0.1) is 17.3 Å². The Labute approximate surface area is 123 Å². The third-order valence-corrected chi connectivity index (χ3v) is 3.78. The van der Waals surface area contributed by atoms with Crippen molar-refractivity contribution in [2.75, 3.05) is 20.1 Å². The van der Waals surface area contributed by atoms with E-state index in [4.69, 9.17) is 0 Å². The zero-order chi connectivity index (χ0) is 15.5. The molecule has 1 aromatic heterocycles. The van der Waals surface area contributed by atoms with Crippen molar-refractivity contribution in [1.82, 2.24) is 10.3 Å². The van der Waals surface area contributed by atoms with Gasteiger partial charge in [0.25, 0.3) is 5.91 Å². The molecule has 0 aliphatic carbocycles. The second kappa shape index (κ2) is 6.40. The highest BCUT2D eigenvalue weighted by atomic mass is 32.1. The van der Waals surface area contributed by atoms with Gasteiger partial charge in [0.15, 0.2) is 6.54 Å². The zero-order valence-electron chi connectivity index (χ0n) is 11.3. The number of hydrogen-bond donors (Lipinski definition) is 2. The largest absolute Gasteiger partial charge is 0.405 e. The van der Waals surface area contributed by atoms with E-state index in [1.165, 1.54) is 11.3 Å². The van der Waals surface area contributed by atoms with Crippen molar-refractivity contribution in [2.45, 2.75) is 12.7 Å². The lowest BCUT2D eigenvalue weighted by atomic mass is 10.3. The first-order valence-corrected chi connectivity index (χ1v) is 7.14. The number of nitrogens with one attached hydrogen (secondary N) is 2. The summed E-state index contributed by atoms with van der Waals surface area (Å²) in [5.74, 6) is -0.620. The highest BCUT2D eigenvalue weighted by molar-refractivity contribution is 7.18. The Kier molecular flexibility index (Phi) is 4.79. The number of likely N-dealkylation sites (N-methyl/N-ethyl adjacent to an activating group) is 1. The van der Waals surface area contributed by atoms with E-state index in [2.05, 4.69) is 4.98 Å². The first kappa shape index (κ1) is 15.7. The fraction of sp³-hybridized carbons (Fsp3) is 0.385. The number of hydrogen-bond acceptors (Lipinski definition) is 3. The molecule has 114 valence electrons. The molecule has 4 nitrogen and oxygen atoms in total. The lowest BCUT2D eigenvalue weighted by Gasteiger charge is -2.13. The van der Waals surface area contributed by atoms with Gasteiger partial charge >= 0.3 is 6.18 Å². The van der Waals surface area contributed by atoms with Gasteiger partial charge in [-0.2, -0.15) is 13.2 Å². The first-order valence-electron chi connectivity index (χ1n) is 6.33. The number of fused-ring (bicyclic) bond motifs is 1. The van der Waals surface area contributed by atoms with E-state index >= 15 is 0 Å². The van der Waals surface area contributed by atoms with Crippen LogP contribution in [0.15, 0.2) is 24.3 Å². The fourth-order valence-electron chi connectivity index (χ4n) is 1.85. The Morgan fingerprint density at radius 3 is 2.76 bits per heavy atom. The monoisotopic (exact) mass is 318 g/mol. The molecule has 8 heteroatoms. The molecular formula is C13H15F3N3OS+. The van der Waals surface area contributed by atoms with Crippen LogP contribution in [0, 0.1) is 0 Å². The maximum atomic E-state index is 12.0. The third kappa shape index (κ3) is 4.98. The minimum Gasteiger partial charge on any atom is -0.342 e. The number of rotatable bonds is 5. The standard InChI is InChI=1S/C13H14F3N3OS/c1-19(6-11(20)17-8-13(14,15)16)7-12-18-9-4-2-3-5-10(9)21-12/h2-5H,6-8H2,1H3,(H,17,20)/p+1. The van der Waals surface area contributed by atoms with E-state index in [1.807, 2.05) is 29.6 Å². The molecular weight excluding hydrogens is 303 g/mol. The van der Waals surface area contributed by atoms with E-state index in [9.17, 15) is 18.0 Å². The molecule has 0 spiro atoms. The predicted molar refractivity (Wildman–Crippen MR) is 74.1 cm³/mol. The summed E-state index contributed by atoms with van der Waals surface area (Å²) in [6.07, 6.45) is -4.38. The van der Waals surface area contributed by atoms with E-state index in [0.717, 1.165) is 20.1 Å². The summed E-state index contributed by atoms with van der Waals surface area (Å²) < 4.78 is 37.0. The number of para-hydroxylation sites is 1. The Balaban J connectivity index is 1.86. The summed E-state index contributed by atoms with van der Waals surface area (Å²) >= 11 is 1.53. The smallest absolute Gasteiger partial charge is 0.342 e. The molecule has 1 amide bonds. The van der Waals surface area contributed by atoms with E-state index < -0.39 is 18.6 Å². The number of alkyl halides is 3. The molecule has 2 aromatic rings. The van der Waals surface area contributed by atoms with Crippen LogP contribution in [0.5, 0.6) is 0 Å². The van der Waals surface area contributed by atoms with Crippen LogP contribution in [-0.2, 0) is 11.3 Å². The molecule has 0 fully saturated rings. The normalized spacial score (nSPS) is 13.3. The average molecular weight is 318 g/mol. The van der Waals surface area contributed by atoms with Crippen molar-refractivity contribution in [2.24, 2.45) is 0 Å². The van der Waals surface area contributed by atoms with Gasteiger partial charge in [-0.15, -0.1) is 11.3 Å². The number of carbonyl (C=O) groups is 1. The molecule has 1 atom stereocenters. The predicted octanol–water partition coefficient (Wildman–Crippen LogP) is 0.989. The van der Waals surface area contributed by atoms with Gasteiger partial charge in [-0.3, -0.25) is 4.79 Å². The van der Waals surface area contributed by atoms with Crippen molar-refractivity contribution in [3.63, 3.8) is 0 Å². The lowest BCUT2D eigenvalue weighted by molar-refractivity contribution is -0.885. The fourth-order valence-corrected chi connectivity index (χ4v) is 2.93. The number of amides is 1. The molecule has 1 aromatic carbocycles. The minimum absolute atomic E-state index is 0.0218. The summed E-state index contributed by atoms with van der Waals surface area (Å²) in [6, 6.07) is 7.68. The number of carbonyl (C=O) groups excluding carboxylic acids is 1. The van der Waals surface area contributed by atoms with Crippen molar-refractivity contribution in [3.8, 4) is 0 Å². The number of nitrogens with zero attached hydrogens (tertiary/aromatic N) is 1. The molecule has 2 N–H and O–H groups in total. The molecule has 0 aliphatic heterocycles. The minimum atomic E-state index is -4.38. The molecule has 1 unspecified atom stereocenters. The Morgan fingerprint density at radius 2 is 2.10 bits per heavy atom. The number of thiazole rings is 1. The number of benzene rings is 1. The number of aromatic nitrogens is 1. The van der Waals surface area contributed by atoms with Crippen molar-refractivity contribution >= 4 is 27.5 Å². The van der Waals surface area contributed by atoms with Gasteiger partial charge in [-0.25, -0.2) is 4.98 Å².